The maximum Gasteiger partial charge on any atom is 0.337 e. The number of allylic oxidation sites excluding steroid dienone is 2. The van der Waals surface area contributed by atoms with Gasteiger partial charge in [0.05, 0.1) is 11.3 Å². The number of ether oxygens (including phenoxy) is 1. The van der Waals surface area contributed by atoms with Gasteiger partial charge in [-0.15, -0.1) is 0 Å². The molecule has 4 rings (SSSR count). The van der Waals surface area contributed by atoms with Gasteiger partial charge in [-0.3, -0.25) is 4.79 Å². The molecule has 1 aliphatic carbocycles. The van der Waals surface area contributed by atoms with E-state index in [1.54, 1.807) is 0 Å². The Labute approximate surface area is 142 Å². The molecule has 118 valence electrons. The molecule has 1 N–H and O–H groups in total. The first-order valence-corrected chi connectivity index (χ1v) is 8.55. The van der Waals surface area contributed by atoms with Gasteiger partial charge >= 0.3 is 5.97 Å². The SMILES string of the molecule is Cc1ccc(C2C3=C(CCCC3=O)NC3=C2C(=O)OC3)cc1Br. The van der Waals surface area contributed by atoms with Gasteiger partial charge in [0.15, 0.2) is 5.78 Å². The molecule has 23 heavy (non-hydrogen) atoms. The number of dihydropyridines is 1. The number of cyclic esters (lactones) is 1. The molecule has 0 aromatic heterocycles. The lowest BCUT2D eigenvalue weighted by Gasteiger charge is -2.32. The van der Waals surface area contributed by atoms with Crippen molar-refractivity contribution in [1.29, 1.82) is 0 Å². The number of Topliss-reactive ketones (excluding diaryl/α,β-unsaturated/α-hetero) is 1. The summed E-state index contributed by atoms with van der Waals surface area (Å²) >= 11 is 3.55. The van der Waals surface area contributed by atoms with Gasteiger partial charge in [0.1, 0.15) is 6.61 Å². The van der Waals surface area contributed by atoms with Crippen LogP contribution in [-0.2, 0) is 14.3 Å². The van der Waals surface area contributed by atoms with E-state index in [0.29, 0.717) is 12.0 Å². The first-order valence-electron chi connectivity index (χ1n) is 7.75. The molecule has 1 atom stereocenters. The molecule has 2 heterocycles. The van der Waals surface area contributed by atoms with Gasteiger partial charge < -0.3 is 10.1 Å². The summed E-state index contributed by atoms with van der Waals surface area (Å²) in [5.41, 5.74) is 5.18. The molecule has 1 aromatic carbocycles. The van der Waals surface area contributed by atoms with Gasteiger partial charge in [-0.05, 0) is 37.0 Å². The number of aryl methyl sites for hydroxylation is 1. The van der Waals surface area contributed by atoms with E-state index in [2.05, 4.69) is 21.2 Å². The first-order chi connectivity index (χ1) is 11.1. The summed E-state index contributed by atoms with van der Waals surface area (Å²) in [6.45, 7) is 2.28. The van der Waals surface area contributed by atoms with Crippen LogP contribution >= 0.6 is 15.9 Å². The molecule has 0 saturated carbocycles. The van der Waals surface area contributed by atoms with Crippen LogP contribution in [0.4, 0.5) is 0 Å². The summed E-state index contributed by atoms with van der Waals surface area (Å²) in [6, 6.07) is 6.02. The van der Waals surface area contributed by atoms with E-state index < -0.39 is 0 Å². The van der Waals surface area contributed by atoms with Crippen LogP contribution in [0.15, 0.2) is 45.2 Å². The Morgan fingerprint density at radius 1 is 1.17 bits per heavy atom. The Balaban J connectivity index is 1.91. The number of carbonyl (C=O) groups excluding carboxylic acids is 2. The third kappa shape index (κ3) is 2.26. The van der Waals surface area contributed by atoms with Crippen molar-refractivity contribution in [3.8, 4) is 0 Å². The highest BCUT2D eigenvalue weighted by atomic mass is 79.9. The van der Waals surface area contributed by atoms with Crippen LogP contribution < -0.4 is 5.32 Å². The number of esters is 1. The first kappa shape index (κ1) is 14.7. The molecule has 0 fully saturated rings. The second-order valence-electron chi connectivity index (χ2n) is 6.20. The Kier molecular flexibility index (Phi) is 3.41. The maximum absolute atomic E-state index is 12.6. The van der Waals surface area contributed by atoms with E-state index in [-0.39, 0.29) is 24.3 Å². The molecule has 0 amide bonds. The number of rotatable bonds is 1. The fourth-order valence-corrected chi connectivity index (χ4v) is 3.99. The van der Waals surface area contributed by atoms with Crippen molar-refractivity contribution < 1.29 is 14.3 Å². The molecular weight excluding hydrogens is 358 g/mol. The zero-order valence-electron chi connectivity index (χ0n) is 12.7. The predicted octanol–water partition coefficient (Wildman–Crippen LogP) is 3.26. The number of hydrogen-bond donors (Lipinski definition) is 1. The van der Waals surface area contributed by atoms with Gasteiger partial charge in [0.2, 0.25) is 0 Å². The third-order valence-electron chi connectivity index (χ3n) is 4.76. The normalized spacial score (nSPS) is 23.5. The summed E-state index contributed by atoms with van der Waals surface area (Å²) < 4.78 is 6.20. The van der Waals surface area contributed by atoms with Crippen molar-refractivity contribution in [2.45, 2.75) is 32.1 Å². The van der Waals surface area contributed by atoms with Crippen LogP contribution in [0, 0.1) is 6.92 Å². The maximum atomic E-state index is 12.6. The van der Waals surface area contributed by atoms with Crippen LogP contribution in [0.5, 0.6) is 0 Å². The highest BCUT2D eigenvalue weighted by Crippen LogP contribution is 2.44. The number of halogens is 1. The molecule has 1 unspecified atom stereocenters. The molecular formula is C18H16BrNO3. The molecule has 3 aliphatic rings. The number of nitrogens with one attached hydrogen (secondary N) is 1. The fourth-order valence-electron chi connectivity index (χ4n) is 3.59. The number of hydrogen-bond acceptors (Lipinski definition) is 4. The predicted molar refractivity (Wildman–Crippen MR) is 88.6 cm³/mol. The van der Waals surface area contributed by atoms with Crippen LogP contribution in [0.2, 0.25) is 0 Å². The molecule has 4 nitrogen and oxygen atoms in total. The molecule has 0 radical (unpaired) electrons. The average Bonchev–Trinajstić information content (AvgIpc) is 2.90. The largest absolute Gasteiger partial charge is 0.456 e. The molecule has 0 bridgehead atoms. The van der Waals surface area contributed by atoms with Crippen LogP contribution in [-0.4, -0.2) is 18.4 Å². The number of benzene rings is 1. The monoisotopic (exact) mass is 373 g/mol. The van der Waals surface area contributed by atoms with Crippen molar-refractivity contribution in [2.24, 2.45) is 0 Å². The second kappa shape index (κ2) is 5.34. The Bertz CT molecular complexity index is 806. The summed E-state index contributed by atoms with van der Waals surface area (Å²) in [6.07, 6.45) is 2.24. The van der Waals surface area contributed by atoms with Crippen molar-refractivity contribution in [1.82, 2.24) is 5.32 Å². The Hall–Kier alpha value is -1.88. The zero-order valence-corrected chi connectivity index (χ0v) is 14.3. The molecule has 2 aliphatic heterocycles. The van der Waals surface area contributed by atoms with E-state index >= 15 is 0 Å². The van der Waals surface area contributed by atoms with Gasteiger partial charge in [-0.1, -0.05) is 28.1 Å². The van der Waals surface area contributed by atoms with Crippen molar-refractivity contribution in [2.75, 3.05) is 6.61 Å². The van der Waals surface area contributed by atoms with E-state index in [9.17, 15) is 9.59 Å². The highest BCUT2D eigenvalue weighted by molar-refractivity contribution is 9.10. The van der Waals surface area contributed by atoms with E-state index in [1.165, 1.54) is 0 Å². The second-order valence-corrected chi connectivity index (χ2v) is 7.06. The van der Waals surface area contributed by atoms with E-state index in [1.807, 2.05) is 25.1 Å². The van der Waals surface area contributed by atoms with Crippen molar-refractivity contribution in [3.05, 3.63) is 56.3 Å². The quantitative estimate of drug-likeness (QED) is 0.767. The van der Waals surface area contributed by atoms with E-state index in [0.717, 1.165) is 45.4 Å². The summed E-state index contributed by atoms with van der Waals surface area (Å²) in [7, 11) is 0. The lowest BCUT2D eigenvalue weighted by Crippen LogP contribution is -2.32. The van der Waals surface area contributed by atoms with E-state index in [4.69, 9.17) is 4.74 Å². The lowest BCUT2D eigenvalue weighted by molar-refractivity contribution is -0.136. The summed E-state index contributed by atoms with van der Waals surface area (Å²) in [5.74, 6) is -0.508. The topological polar surface area (TPSA) is 55.4 Å². The average molecular weight is 374 g/mol. The van der Waals surface area contributed by atoms with Crippen LogP contribution in [0.1, 0.15) is 36.3 Å². The van der Waals surface area contributed by atoms with Crippen LogP contribution in [0.3, 0.4) is 0 Å². The molecule has 0 saturated heterocycles. The van der Waals surface area contributed by atoms with Crippen molar-refractivity contribution in [3.63, 3.8) is 0 Å². The van der Waals surface area contributed by atoms with Gasteiger partial charge in [0, 0.05) is 28.1 Å². The van der Waals surface area contributed by atoms with Gasteiger partial charge in [-0.25, -0.2) is 4.79 Å². The standard InChI is InChI=1S/C18H16BrNO3/c1-9-5-6-10(7-11(9)19)15-16-12(3-2-4-14(16)21)20-13-8-23-18(22)17(13)15/h5-7,15,20H,2-4,8H2,1H3. The smallest absolute Gasteiger partial charge is 0.337 e. The minimum absolute atomic E-state index is 0.131. The highest BCUT2D eigenvalue weighted by Gasteiger charge is 2.42. The van der Waals surface area contributed by atoms with Crippen molar-refractivity contribution >= 4 is 27.7 Å². The minimum atomic E-state index is -0.320. The molecule has 1 aromatic rings. The van der Waals surface area contributed by atoms with Crippen LogP contribution in [0.25, 0.3) is 0 Å². The number of carbonyl (C=O) groups is 2. The lowest BCUT2D eigenvalue weighted by atomic mass is 9.75. The Morgan fingerprint density at radius 2 is 2.00 bits per heavy atom. The van der Waals surface area contributed by atoms with Gasteiger partial charge in [0.25, 0.3) is 0 Å². The molecule has 0 spiro atoms. The Morgan fingerprint density at radius 3 is 2.78 bits per heavy atom. The fraction of sp³-hybridized carbons (Fsp3) is 0.333. The third-order valence-corrected chi connectivity index (χ3v) is 5.61. The van der Waals surface area contributed by atoms with Gasteiger partial charge in [-0.2, -0.15) is 0 Å². The zero-order chi connectivity index (χ0) is 16.1. The summed E-state index contributed by atoms with van der Waals surface area (Å²) in [4.78, 5) is 24.8. The summed E-state index contributed by atoms with van der Waals surface area (Å²) in [5, 5.41) is 3.28. The number of ketones is 1. The molecule has 5 heteroatoms. The minimum Gasteiger partial charge on any atom is -0.456 e.